The van der Waals surface area contributed by atoms with E-state index >= 15 is 0 Å². The summed E-state index contributed by atoms with van der Waals surface area (Å²) in [5.41, 5.74) is 3.33. The largest absolute Gasteiger partial charge is 0.489 e. The Hall–Kier alpha value is -2.29. The molecule has 0 N–H and O–H groups in total. The third-order valence-corrected chi connectivity index (χ3v) is 3.85. The van der Waals surface area contributed by atoms with Crippen LogP contribution in [0.5, 0.6) is 5.75 Å². The Bertz CT molecular complexity index is 649. The SMILES string of the molecule is CC(=O)N1c2ccccc2OC[C@H]1Cc1ccc(C)cc1. The molecular formula is C18H19NO2. The van der Waals surface area contributed by atoms with Crippen LogP contribution in [-0.2, 0) is 11.2 Å². The molecule has 2 aromatic rings. The van der Waals surface area contributed by atoms with Crippen LogP contribution in [0.25, 0.3) is 0 Å². The molecule has 3 rings (SSSR count). The van der Waals surface area contributed by atoms with Crippen LogP contribution in [0.3, 0.4) is 0 Å². The zero-order valence-corrected chi connectivity index (χ0v) is 12.4. The lowest BCUT2D eigenvalue weighted by atomic mass is 10.0. The quantitative estimate of drug-likeness (QED) is 0.845. The van der Waals surface area contributed by atoms with Crippen LogP contribution in [0.1, 0.15) is 18.1 Å². The number of carbonyl (C=O) groups excluding carboxylic acids is 1. The fourth-order valence-corrected chi connectivity index (χ4v) is 2.81. The molecule has 0 radical (unpaired) electrons. The number of benzene rings is 2. The lowest BCUT2D eigenvalue weighted by Gasteiger charge is -2.36. The summed E-state index contributed by atoms with van der Waals surface area (Å²) in [6.07, 6.45) is 0.800. The normalized spacial score (nSPS) is 17.0. The Morgan fingerprint density at radius 1 is 1.19 bits per heavy atom. The van der Waals surface area contributed by atoms with Crippen LogP contribution in [0.2, 0.25) is 0 Å². The van der Waals surface area contributed by atoms with E-state index < -0.39 is 0 Å². The number of ether oxygens (including phenoxy) is 1. The molecule has 0 fully saturated rings. The zero-order valence-electron chi connectivity index (χ0n) is 12.4. The van der Waals surface area contributed by atoms with Gasteiger partial charge in [0.05, 0.1) is 11.7 Å². The Morgan fingerprint density at radius 3 is 2.62 bits per heavy atom. The van der Waals surface area contributed by atoms with E-state index in [9.17, 15) is 4.79 Å². The number of fused-ring (bicyclic) bond motifs is 1. The third kappa shape index (κ3) is 2.77. The number of hydrogen-bond donors (Lipinski definition) is 0. The topological polar surface area (TPSA) is 29.5 Å². The number of rotatable bonds is 2. The van der Waals surface area contributed by atoms with Gasteiger partial charge in [-0.05, 0) is 31.0 Å². The molecule has 0 spiro atoms. The minimum atomic E-state index is 0.0418. The first-order valence-electron chi connectivity index (χ1n) is 7.22. The molecule has 3 nitrogen and oxygen atoms in total. The predicted octanol–water partition coefficient (Wildman–Crippen LogP) is 3.35. The van der Waals surface area contributed by atoms with Crippen molar-refractivity contribution in [3.8, 4) is 5.75 Å². The molecule has 0 aromatic heterocycles. The molecule has 0 aliphatic carbocycles. The second kappa shape index (κ2) is 5.60. The van der Waals surface area contributed by atoms with Gasteiger partial charge < -0.3 is 9.64 Å². The molecule has 2 aromatic carbocycles. The average molecular weight is 281 g/mol. The highest BCUT2D eigenvalue weighted by molar-refractivity contribution is 5.94. The van der Waals surface area contributed by atoms with Crippen LogP contribution in [0.15, 0.2) is 48.5 Å². The first kappa shape index (κ1) is 13.7. The molecule has 1 heterocycles. The number of nitrogens with zero attached hydrogens (tertiary/aromatic N) is 1. The molecule has 0 saturated heterocycles. The summed E-state index contributed by atoms with van der Waals surface area (Å²) in [6, 6.07) is 16.2. The zero-order chi connectivity index (χ0) is 14.8. The van der Waals surface area contributed by atoms with Gasteiger partial charge in [0.25, 0.3) is 0 Å². The average Bonchev–Trinajstić information content (AvgIpc) is 2.49. The van der Waals surface area contributed by atoms with Crippen LogP contribution >= 0.6 is 0 Å². The number of anilines is 1. The number of para-hydroxylation sites is 2. The van der Waals surface area contributed by atoms with Crippen molar-refractivity contribution in [2.24, 2.45) is 0 Å². The first-order chi connectivity index (χ1) is 10.1. The lowest BCUT2D eigenvalue weighted by Crippen LogP contribution is -2.47. The van der Waals surface area contributed by atoms with Crippen LogP contribution in [0.4, 0.5) is 5.69 Å². The van der Waals surface area contributed by atoms with Crippen molar-refractivity contribution < 1.29 is 9.53 Å². The van der Waals surface area contributed by atoms with Gasteiger partial charge in [-0.25, -0.2) is 0 Å². The van der Waals surface area contributed by atoms with E-state index in [4.69, 9.17) is 4.74 Å². The summed E-state index contributed by atoms with van der Waals surface area (Å²) in [5.74, 6) is 0.843. The van der Waals surface area contributed by atoms with E-state index in [1.165, 1.54) is 11.1 Å². The maximum absolute atomic E-state index is 12.1. The van der Waals surface area contributed by atoms with Gasteiger partial charge in [-0.1, -0.05) is 42.0 Å². The number of hydrogen-bond acceptors (Lipinski definition) is 2. The van der Waals surface area contributed by atoms with Crippen LogP contribution in [-0.4, -0.2) is 18.6 Å². The third-order valence-electron chi connectivity index (χ3n) is 3.85. The fourth-order valence-electron chi connectivity index (χ4n) is 2.81. The van der Waals surface area contributed by atoms with E-state index in [0.29, 0.717) is 6.61 Å². The van der Waals surface area contributed by atoms with Crippen molar-refractivity contribution >= 4 is 11.6 Å². The van der Waals surface area contributed by atoms with E-state index in [2.05, 4.69) is 31.2 Å². The van der Waals surface area contributed by atoms with Crippen molar-refractivity contribution in [3.63, 3.8) is 0 Å². The highest BCUT2D eigenvalue weighted by Crippen LogP contribution is 2.34. The molecule has 1 atom stereocenters. The van der Waals surface area contributed by atoms with Gasteiger partial charge in [0.1, 0.15) is 12.4 Å². The van der Waals surface area contributed by atoms with Crippen molar-refractivity contribution in [1.29, 1.82) is 0 Å². The van der Waals surface area contributed by atoms with Gasteiger partial charge in [-0.15, -0.1) is 0 Å². The first-order valence-corrected chi connectivity index (χ1v) is 7.22. The highest BCUT2D eigenvalue weighted by atomic mass is 16.5. The summed E-state index contributed by atoms with van der Waals surface area (Å²) in [6.45, 7) is 4.22. The van der Waals surface area contributed by atoms with Crippen molar-refractivity contribution in [2.45, 2.75) is 26.3 Å². The number of carbonyl (C=O) groups is 1. The van der Waals surface area contributed by atoms with Gasteiger partial charge in [-0.3, -0.25) is 4.79 Å². The molecule has 0 bridgehead atoms. The smallest absolute Gasteiger partial charge is 0.224 e. The van der Waals surface area contributed by atoms with Crippen molar-refractivity contribution in [1.82, 2.24) is 0 Å². The molecule has 0 saturated carbocycles. The second-order valence-electron chi connectivity index (χ2n) is 5.51. The second-order valence-corrected chi connectivity index (χ2v) is 5.51. The Labute approximate surface area is 125 Å². The summed E-state index contributed by atoms with van der Waals surface area (Å²) in [4.78, 5) is 13.9. The van der Waals surface area contributed by atoms with Crippen LogP contribution in [0, 0.1) is 6.92 Å². The Morgan fingerprint density at radius 2 is 1.90 bits per heavy atom. The van der Waals surface area contributed by atoms with Crippen molar-refractivity contribution in [2.75, 3.05) is 11.5 Å². The van der Waals surface area contributed by atoms with E-state index in [1.54, 1.807) is 6.92 Å². The number of amides is 1. The summed E-state index contributed by atoms with van der Waals surface area (Å²) in [7, 11) is 0. The Kier molecular flexibility index (Phi) is 3.65. The lowest BCUT2D eigenvalue weighted by molar-refractivity contribution is -0.117. The standard InChI is InChI=1S/C18H19NO2/c1-13-7-9-15(10-8-13)11-16-12-21-18-6-4-3-5-17(18)19(16)14(2)20/h3-10,16H,11-12H2,1-2H3/t16-/m1/s1. The van der Waals surface area contributed by atoms with Gasteiger partial charge in [0, 0.05) is 6.92 Å². The van der Waals surface area contributed by atoms with Crippen LogP contribution < -0.4 is 9.64 Å². The number of aryl methyl sites for hydroxylation is 1. The molecule has 3 heteroatoms. The van der Waals surface area contributed by atoms with E-state index in [-0.39, 0.29) is 11.9 Å². The highest BCUT2D eigenvalue weighted by Gasteiger charge is 2.30. The maximum atomic E-state index is 12.1. The Balaban J connectivity index is 1.88. The van der Waals surface area contributed by atoms with Gasteiger partial charge >= 0.3 is 0 Å². The minimum Gasteiger partial charge on any atom is -0.489 e. The molecule has 108 valence electrons. The molecule has 21 heavy (non-hydrogen) atoms. The molecular weight excluding hydrogens is 262 g/mol. The minimum absolute atomic E-state index is 0.0418. The molecule has 1 aliphatic rings. The predicted molar refractivity (Wildman–Crippen MR) is 83.8 cm³/mol. The summed E-state index contributed by atoms with van der Waals surface area (Å²) < 4.78 is 5.82. The fraction of sp³-hybridized carbons (Fsp3) is 0.278. The van der Waals surface area contributed by atoms with Gasteiger partial charge in [0.15, 0.2) is 0 Å². The summed E-state index contributed by atoms with van der Waals surface area (Å²) in [5, 5.41) is 0. The van der Waals surface area contributed by atoms with Gasteiger partial charge in [0.2, 0.25) is 5.91 Å². The molecule has 0 unspecified atom stereocenters. The van der Waals surface area contributed by atoms with Gasteiger partial charge in [-0.2, -0.15) is 0 Å². The van der Waals surface area contributed by atoms with E-state index in [1.807, 2.05) is 29.2 Å². The molecule has 1 amide bonds. The summed E-state index contributed by atoms with van der Waals surface area (Å²) >= 11 is 0. The maximum Gasteiger partial charge on any atom is 0.224 e. The molecule has 1 aliphatic heterocycles. The monoisotopic (exact) mass is 281 g/mol. The van der Waals surface area contributed by atoms with E-state index in [0.717, 1.165) is 17.9 Å². The van der Waals surface area contributed by atoms with Crippen molar-refractivity contribution in [3.05, 3.63) is 59.7 Å².